The Hall–Kier alpha value is -1.06. The molecule has 0 saturated heterocycles. The zero-order chi connectivity index (χ0) is 10.7. The summed E-state index contributed by atoms with van der Waals surface area (Å²) in [6, 6.07) is 0. The molecule has 1 fully saturated rings. The molecule has 0 spiro atoms. The van der Waals surface area contributed by atoms with Gasteiger partial charge in [0.1, 0.15) is 0 Å². The summed E-state index contributed by atoms with van der Waals surface area (Å²) in [6.45, 7) is 0. The third-order valence-corrected chi connectivity index (χ3v) is 3.34. The third-order valence-electron chi connectivity index (χ3n) is 3.34. The highest BCUT2D eigenvalue weighted by atomic mass is 15.4. The number of rotatable bonds is 3. The monoisotopic (exact) mass is 208 g/mol. The fourth-order valence-electron chi connectivity index (χ4n) is 2.37. The largest absolute Gasteiger partial charge is 0.368 e. The summed E-state index contributed by atoms with van der Waals surface area (Å²) in [7, 11) is 1.84. The van der Waals surface area contributed by atoms with E-state index in [1.807, 2.05) is 7.05 Å². The zero-order valence-corrected chi connectivity index (χ0v) is 9.45. The topological polar surface area (TPSA) is 56.7 Å². The highest BCUT2D eigenvalue weighted by molar-refractivity contribution is 5.15. The Morgan fingerprint density at radius 2 is 2.07 bits per heavy atom. The molecule has 0 aromatic carbocycles. The number of nitrogens with two attached hydrogens (primary N) is 1. The van der Waals surface area contributed by atoms with Gasteiger partial charge in [-0.05, 0) is 12.3 Å². The van der Waals surface area contributed by atoms with Crippen molar-refractivity contribution in [2.75, 3.05) is 5.73 Å². The summed E-state index contributed by atoms with van der Waals surface area (Å²) < 4.78 is 1.65. The van der Waals surface area contributed by atoms with E-state index in [-0.39, 0.29) is 0 Å². The maximum absolute atomic E-state index is 5.64. The number of nitrogens with zero attached hydrogens (tertiary/aromatic N) is 3. The first-order valence-corrected chi connectivity index (χ1v) is 5.91. The molecule has 1 aromatic heterocycles. The number of aromatic nitrogens is 3. The Morgan fingerprint density at radius 1 is 1.33 bits per heavy atom. The lowest BCUT2D eigenvalue weighted by Crippen LogP contribution is -2.07. The van der Waals surface area contributed by atoms with Crippen LogP contribution in [0.5, 0.6) is 0 Å². The summed E-state index contributed by atoms with van der Waals surface area (Å²) in [5.74, 6) is 2.32. The fourth-order valence-corrected chi connectivity index (χ4v) is 2.37. The van der Waals surface area contributed by atoms with Crippen molar-refractivity contribution >= 4 is 5.95 Å². The van der Waals surface area contributed by atoms with Crippen molar-refractivity contribution in [3.8, 4) is 0 Å². The first kappa shape index (κ1) is 10.5. The van der Waals surface area contributed by atoms with Crippen LogP contribution in [0.4, 0.5) is 5.95 Å². The molecule has 1 aliphatic carbocycles. The molecule has 1 heterocycles. The maximum atomic E-state index is 5.64. The molecule has 1 saturated carbocycles. The van der Waals surface area contributed by atoms with Crippen LogP contribution in [0.25, 0.3) is 0 Å². The normalized spacial score (nSPS) is 18.2. The van der Waals surface area contributed by atoms with Gasteiger partial charge in [0, 0.05) is 13.5 Å². The lowest BCUT2D eigenvalue weighted by molar-refractivity contribution is 0.337. The van der Waals surface area contributed by atoms with Crippen LogP contribution in [0.3, 0.4) is 0 Å². The van der Waals surface area contributed by atoms with E-state index in [4.69, 9.17) is 5.73 Å². The van der Waals surface area contributed by atoms with Crippen LogP contribution in [-0.4, -0.2) is 14.8 Å². The summed E-state index contributed by atoms with van der Waals surface area (Å²) in [5.41, 5.74) is 5.64. The van der Waals surface area contributed by atoms with Gasteiger partial charge in [0.25, 0.3) is 0 Å². The number of nitrogen functional groups attached to an aromatic ring is 1. The van der Waals surface area contributed by atoms with Crippen LogP contribution in [0.1, 0.15) is 44.3 Å². The molecule has 15 heavy (non-hydrogen) atoms. The molecule has 2 N–H and O–H groups in total. The molecule has 0 unspecified atom stereocenters. The van der Waals surface area contributed by atoms with Gasteiger partial charge in [-0.15, -0.1) is 0 Å². The van der Waals surface area contributed by atoms with Crippen molar-refractivity contribution in [1.29, 1.82) is 0 Å². The van der Waals surface area contributed by atoms with Crippen LogP contribution < -0.4 is 5.73 Å². The lowest BCUT2D eigenvalue weighted by Gasteiger charge is -2.20. The van der Waals surface area contributed by atoms with Gasteiger partial charge >= 0.3 is 0 Å². The second-order valence-corrected chi connectivity index (χ2v) is 4.55. The zero-order valence-electron chi connectivity index (χ0n) is 9.45. The van der Waals surface area contributed by atoms with Gasteiger partial charge < -0.3 is 5.73 Å². The Kier molecular flexibility index (Phi) is 3.23. The minimum Gasteiger partial charge on any atom is -0.368 e. The molecular weight excluding hydrogens is 188 g/mol. The molecule has 84 valence electrons. The van der Waals surface area contributed by atoms with Crippen molar-refractivity contribution < 1.29 is 0 Å². The molecule has 1 aromatic rings. The molecule has 1 aliphatic rings. The molecule has 0 amide bonds. The summed E-state index contributed by atoms with van der Waals surface area (Å²) in [6.07, 6.45) is 9.22. The van der Waals surface area contributed by atoms with Gasteiger partial charge in [0.2, 0.25) is 5.95 Å². The lowest BCUT2D eigenvalue weighted by atomic mass is 9.86. The maximum Gasteiger partial charge on any atom is 0.218 e. The smallest absolute Gasteiger partial charge is 0.218 e. The predicted molar refractivity (Wildman–Crippen MR) is 60.3 cm³/mol. The number of hydrogen-bond acceptors (Lipinski definition) is 3. The molecule has 4 heteroatoms. The Morgan fingerprint density at radius 3 is 2.67 bits per heavy atom. The van der Waals surface area contributed by atoms with Crippen LogP contribution >= 0.6 is 0 Å². The second kappa shape index (κ2) is 4.64. The van der Waals surface area contributed by atoms with Crippen molar-refractivity contribution in [1.82, 2.24) is 14.8 Å². The number of aryl methyl sites for hydroxylation is 2. The molecule has 0 radical (unpaired) electrons. The first-order chi connectivity index (χ1) is 7.25. The van der Waals surface area contributed by atoms with Crippen molar-refractivity contribution in [2.45, 2.75) is 44.9 Å². The number of hydrogen-bond donors (Lipinski definition) is 1. The second-order valence-electron chi connectivity index (χ2n) is 4.55. The van der Waals surface area contributed by atoms with Gasteiger partial charge in [-0.1, -0.05) is 32.1 Å². The Labute approximate surface area is 90.9 Å². The SMILES string of the molecule is Cn1nc(CCC2CCCCC2)nc1N. The highest BCUT2D eigenvalue weighted by Gasteiger charge is 2.14. The molecule has 2 rings (SSSR count). The van der Waals surface area contributed by atoms with Gasteiger partial charge in [-0.3, -0.25) is 0 Å². The van der Waals surface area contributed by atoms with E-state index in [0.29, 0.717) is 5.95 Å². The molecule has 4 nitrogen and oxygen atoms in total. The average molecular weight is 208 g/mol. The quantitative estimate of drug-likeness (QED) is 0.825. The minimum absolute atomic E-state index is 0.522. The minimum atomic E-state index is 0.522. The van der Waals surface area contributed by atoms with Crippen molar-refractivity contribution in [2.24, 2.45) is 13.0 Å². The van der Waals surface area contributed by atoms with Gasteiger partial charge in [-0.25, -0.2) is 4.68 Å². The van der Waals surface area contributed by atoms with Crippen LogP contribution in [0.15, 0.2) is 0 Å². The summed E-state index contributed by atoms with van der Waals surface area (Å²) >= 11 is 0. The Bertz CT molecular complexity index is 293. The van der Waals surface area contributed by atoms with E-state index in [9.17, 15) is 0 Å². The fraction of sp³-hybridized carbons (Fsp3) is 0.818. The van der Waals surface area contributed by atoms with Crippen LogP contribution in [-0.2, 0) is 13.5 Å². The first-order valence-electron chi connectivity index (χ1n) is 5.91. The molecule has 0 aliphatic heterocycles. The van der Waals surface area contributed by atoms with Gasteiger partial charge in [0.05, 0.1) is 0 Å². The highest BCUT2D eigenvalue weighted by Crippen LogP contribution is 2.27. The standard InChI is InChI=1S/C11H20N4/c1-15-11(12)13-10(14-15)8-7-9-5-3-2-4-6-9/h9H,2-8H2,1H3,(H2,12,13,14). The van der Waals surface area contributed by atoms with E-state index < -0.39 is 0 Å². The summed E-state index contributed by atoms with van der Waals surface area (Å²) in [4.78, 5) is 4.22. The van der Waals surface area contributed by atoms with Crippen LogP contribution in [0, 0.1) is 5.92 Å². The van der Waals surface area contributed by atoms with E-state index >= 15 is 0 Å². The van der Waals surface area contributed by atoms with E-state index in [1.165, 1.54) is 38.5 Å². The van der Waals surface area contributed by atoms with Gasteiger partial charge in [-0.2, -0.15) is 10.1 Å². The molecular formula is C11H20N4. The van der Waals surface area contributed by atoms with Gasteiger partial charge in [0.15, 0.2) is 5.82 Å². The van der Waals surface area contributed by atoms with E-state index in [0.717, 1.165) is 18.2 Å². The molecule has 0 bridgehead atoms. The third kappa shape index (κ3) is 2.70. The average Bonchev–Trinajstić information content (AvgIpc) is 2.57. The van der Waals surface area contributed by atoms with E-state index in [1.54, 1.807) is 4.68 Å². The van der Waals surface area contributed by atoms with Crippen molar-refractivity contribution in [3.05, 3.63) is 5.82 Å². The summed E-state index contributed by atoms with van der Waals surface area (Å²) in [5, 5.41) is 4.28. The van der Waals surface area contributed by atoms with Crippen molar-refractivity contribution in [3.63, 3.8) is 0 Å². The van der Waals surface area contributed by atoms with Crippen LogP contribution in [0.2, 0.25) is 0 Å². The van der Waals surface area contributed by atoms with E-state index in [2.05, 4.69) is 10.1 Å². The Balaban J connectivity index is 1.81. The predicted octanol–water partition coefficient (Wildman–Crippen LogP) is 1.91. The number of anilines is 1. The molecule has 0 atom stereocenters.